The summed E-state index contributed by atoms with van der Waals surface area (Å²) in [6.45, 7) is 0.0374. The number of aromatic nitrogens is 2. The first-order valence-corrected chi connectivity index (χ1v) is 11.6. The quantitative estimate of drug-likeness (QED) is 0.410. The number of hydrogen-bond donors (Lipinski definition) is 2. The molecule has 10 heteroatoms. The summed E-state index contributed by atoms with van der Waals surface area (Å²) in [6.07, 6.45) is 3.04. The second-order valence-corrected chi connectivity index (χ2v) is 8.82. The summed E-state index contributed by atoms with van der Waals surface area (Å²) in [5, 5.41) is 4.53. The first kappa shape index (κ1) is 23.1. The van der Waals surface area contributed by atoms with Gasteiger partial charge in [0.2, 0.25) is 0 Å². The molecule has 0 saturated heterocycles. The van der Waals surface area contributed by atoms with Crippen LogP contribution in [0.2, 0.25) is 0 Å². The largest absolute Gasteiger partial charge is 0.384 e. The van der Waals surface area contributed by atoms with Crippen LogP contribution in [0, 0.1) is 23.5 Å². The van der Waals surface area contributed by atoms with Gasteiger partial charge in [-0.05, 0) is 48.0 Å². The molecule has 1 aliphatic rings. The maximum Gasteiger partial charge on any atom is 0.255 e. The molecule has 3 N–H and O–H groups in total. The van der Waals surface area contributed by atoms with Crippen molar-refractivity contribution >= 4 is 34.1 Å². The smallest absolute Gasteiger partial charge is 0.255 e. The molecule has 3 heterocycles. The third-order valence-electron chi connectivity index (χ3n) is 5.55. The van der Waals surface area contributed by atoms with Crippen LogP contribution < -0.4 is 11.1 Å². The van der Waals surface area contributed by atoms with Crippen LogP contribution in [0.3, 0.4) is 0 Å². The van der Waals surface area contributed by atoms with Crippen LogP contribution in [-0.4, -0.2) is 26.7 Å². The molecule has 2 aromatic heterocycles. The first-order valence-electron chi connectivity index (χ1n) is 10.7. The fourth-order valence-corrected chi connectivity index (χ4v) is 4.40. The number of carbonyl (C=O) groups excluding carboxylic acids is 2. The molecule has 36 heavy (non-hydrogen) atoms. The number of nitrogens with zero attached hydrogens (tertiary/aromatic N) is 3. The van der Waals surface area contributed by atoms with Gasteiger partial charge in [-0.25, -0.2) is 18.7 Å². The van der Waals surface area contributed by atoms with E-state index in [1.807, 2.05) is 0 Å². The summed E-state index contributed by atoms with van der Waals surface area (Å²) >= 11 is 1.17. The molecule has 7 nitrogen and oxygen atoms in total. The van der Waals surface area contributed by atoms with Crippen molar-refractivity contribution in [2.24, 2.45) is 0 Å². The van der Waals surface area contributed by atoms with Gasteiger partial charge >= 0.3 is 0 Å². The average molecular weight is 502 g/mol. The van der Waals surface area contributed by atoms with Crippen LogP contribution in [-0.2, 0) is 11.3 Å². The zero-order valence-electron chi connectivity index (χ0n) is 18.5. The normalized spacial score (nSPS) is 13.1. The molecule has 0 aliphatic carbocycles. The molecule has 0 radical (unpaired) electrons. The molecular formula is C26H17F2N5O2S. The molecular weight excluding hydrogens is 484 g/mol. The van der Waals surface area contributed by atoms with Gasteiger partial charge in [0.25, 0.3) is 11.8 Å². The van der Waals surface area contributed by atoms with Crippen LogP contribution in [0.25, 0.3) is 0 Å². The Morgan fingerprint density at radius 1 is 1.08 bits per heavy atom. The fourth-order valence-electron chi connectivity index (χ4n) is 3.87. The van der Waals surface area contributed by atoms with Crippen molar-refractivity contribution < 1.29 is 18.4 Å². The summed E-state index contributed by atoms with van der Waals surface area (Å²) < 4.78 is 28.8. The average Bonchev–Trinajstić information content (AvgIpc) is 3.49. The summed E-state index contributed by atoms with van der Waals surface area (Å²) in [6, 6.07) is 9.86. The molecule has 1 aliphatic heterocycles. The van der Waals surface area contributed by atoms with E-state index in [4.69, 9.17) is 5.73 Å². The Labute approximate surface area is 208 Å². The van der Waals surface area contributed by atoms with E-state index in [0.29, 0.717) is 28.1 Å². The third kappa shape index (κ3) is 4.64. The number of fused-ring (bicyclic) bond motifs is 1. The number of nitrogens with two attached hydrogens (primary N) is 1. The van der Waals surface area contributed by atoms with Crippen molar-refractivity contribution in [2.45, 2.75) is 12.6 Å². The molecule has 0 unspecified atom stereocenters. The number of anilines is 2. The summed E-state index contributed by atoms with van der Waals surface area (Å²) in [4.78, 5) is 35.9. The molecule has 2 amide bonds. The second kappa shape index (κ2) is 9.56. The van der Waals surface area contributed by atoms with Gasteiger partial charge < -0.3 is 10.6 Å². The zero-order valence-corrected chi connectivity index (χ0v) is 19.4. The number of carbonyl (C=O) groups is 2. The van der Waals surface area contributed by atoms with Gasteiger partial charge in [0.05, 0.1) is 0 Å². The summed E-state index contributed by atoms with van der Waals surface area (Å²) in [5.41, 5.74) is 7.54. The Kier molecular flexibility index (Phi) is 6.14. The van der Waals surface area contributed by atoms with Crippen LogP contribution in [0.15, 0.2) is 66.3 Å². The van der Waals surface area contributed by atoms with Crippen molar-refractivity contribution in [1.29, 1.82) is 0 Å². The maximum atomic E-state index is 14.8. The van der Waals surface area contributed by atoms with Crippen molar-refractivity contribution in [3.63, 3.8) is 0 Å². The van der Waals surface area contributed by atoms with Crippen molar-refractivity contribution in [1.82, 2.24) is 14.9 Å². The lowest BCUT2D eigenvalue weighted by molar-refractivity contribution is -0.120. The van der Waals surface area contributed by atoms with Crippen molar-refractivity contribution in [3.05, 3.63) is 106 Å². The lowest BCUT2D eigenvalue weighted by Gasteiger charge is -2.27. The van der Waals surface area contributed by atoms with Crippen LogP contribution >= 0.6 is 11.3 Å². The molecule has 0 fully saturated rings. The number of rotatable bonds is 4. The molecule has 4 aromatic rings. The van der Waals surface area contributed by atoms with E-state index in [-0.39, 0.29) is 17.2 Å². The number of nitrogen functional groups attached to an aromatic ring is 1. The standard InChI is InChI=1S/C26H17F2N5O2S/c27-18-6-7-21(28)20(12-18)23(24(34)32-26-30-9-10-36-26)33-14-17-5-3-15(11-19(17)25(33)35)1-2-16-4-8-22(29)31-13-16/h3-13,23H,14H2,(H2,29,31)(H,30,32,34)/t23-/m1/s1. The van der Waals surface area contributed by atoms with Gasteiger partial charge in [-0.1, -0.05) is 17.9 Å². The van der Waals surface area contributed by atoms with E-state index in [9.17, 15) is 18.4 Å². The zero-order chi connectivity index (χ0) is 25.2. The number of hydrogen-bond acceptors (Lipinski definition) is 6. The number of thiazole rings is 1. The van der Waals surface area contributed by atoms with Gasteiger partial charge in [-0.3, -0.25) is 14.9 Å². The van der Waals surface area contributed by atoms with Gasteiger partial charge in [-0.15, -0.1) is 11.3 Å². The highest BCUT2D eigenvalue weighted by Crippen LogP contribution is 2.34. The number of benzene rings is 2. The van der Waals surface area contributed by atoms with E-state index in [1.54, 1.807) is 41.9 Å². The van der Waals surface area contributed by atoms with Crippen LogP contribution in [0.1, 0.15) is 38.7 Å². The lowest BCUT2D eigenvalue weighted by atomic mass is 10.0. The lowest BCUT2D eigenvalue weighted by Crippen LogP contribution is -2.38. The van der Waals surface area contributed by atoms with Gasteiger partial charge in [0.15, 0.2) is 5.13 Å². The first-order chi connectivity index (χ1) is 17.4. The molecule has 178 valence electrons. The fraction of sp³-hybridized carbons (Fsp3) is 0.0769. The van der Waals surface area contributed by atoms with E-state index in [2.05, 4.69) is 27.1 Å². The molecule has 1 atom stereocenters. The Balaban J connectivity index is 1.48. The Hall–Kier alpha value is -4.62. The van der Waals surface area contributed by atoms with E-state index < -0.39 is 29.5 Å². The highest BCUT2D eigenvalue weighted by molar-refractivity contribution is 7.13. The molecule has 0 spiro atoms. The Morgan fingerprint density at radius 3 is 2.64 bits per heavy atom. The summed E-state index contributed by atoms with van der Waals surface area (Å²) in [5.74, 6) is 3.59. The predicted octanol–water partition coefficient (Wildman–Crippen LogP) is 4.13. The minimum Gasteiger partial charge on any atom is -0.384 e. The van der Waals surface area contributed by atoms with Crippen LogP contribution in [0.5, 0.6) is 0 Å². The minimum absolute atomic E-state index is 0.0374. The number of halogens is 2. The molecule has 2 aromatic carbocycles. The number of nitrogens with one attached hydrogen (secondary N) is 1. The topological polar surface area (TPSA) is 101 Å². The maximum absolute atomic E-state index is 14.8. The number of pyridine rings is 1. The number of amides is 2. The van der Waals surface area contributed by atoms with Crippen molar-refractivity contribution in [2.75, 3.05) is 11.1 Å². The van der Waals surface area contributed by atoms with Gasteiger partial charge in [0, 0.05) is 46.6 Å². The van der Waals surface area contributed by atoms with E-state index in [0.717, 1.165) is 18.2 Å². The predicted molar refractivity (Wildman–Crippen MR) is 131 cm³/mol. The van der Waals surface area contributed by atoms with E-state index in [1.165, 1.54) is 22.4 Å². The van der Waals surface area contributed by atoms with Gasteiger partial charge in [0.1, 0.15) is 23.5 Å². The minimum atomic E-state index is -1.42. The summed E-state index contributed by atoms with van der Waals surface area (Å²) in [7, 11) is 0. The Morgan fingerprint density at radius 2 is 1.89 bits per heavy atom. The second-order valence-electron chi connectivity index (χ2n) is 7.92. The monoisotopic (exact) mass is 501 g/mol. The van der Waals surface area contributed by atoms with Crippen molar-refractivity contribution in [3.8, 4) is 11.8 Å². The molecule has 5 rings (SSSR count). The SMILES string of the molecule is Nc1ccc(C#Cc2ccc3c(c2)C(=O)N([C@@H](C(=O)Nc2nccs2)c2cc(F)ccc2F)C3)cn1. The van der Waals surface area contributed by atoms with E-state index >= 15 is 0 Å². The highest BCUT2D eigenvalue weighted by atomic mass is 32.1. The Bertz CT molecular complexity index is 1530. The molecule has 0 saturated carbocycles. The molecule has 0 bridgehead atoms. The third-order valence-corrected chi connectivity index (χ3v) is 6.24. The highest BCUT2D eigenvalue weighted by Gasteiger charge is 2.39. The van der Waals surface area contributed by atoms with Gasteiger partial charge in [-0.2, -0.15) is 0 Å². The van der Waals surface area contributed by atoms with Crippen LogP contribution in [0.4, 0.5) is 19.7 Å².